The van der Waals surface area contributed by atoms with Gasteiger partial charge in [0, 0.05) is 5.69 Å². The van der Waals surface area contributed by atoms with Crippen molar-refractivity contribution in [1.82, 2.24) is 4.98 Å². The van der Waals surface area contributed by atoms with Crippen molar-refractivity contribution in [3.05, 3.63) is 29.1 Å². The molecule has 0 atom stereocenters. The molecule has 0 spiro atoms. The molecule has 1 aromatic rings. The summed E-state index contributed by atoms with van der Waals surface area (Å²) in [6, 6.07) is 3.93. The van der Waals surface area contributed by atoms with Gasteiger partial charge in [-0.15, -0.1) is 0 Å². The maximum Gasteiger partial charge on any atom is 0.434 e. The molecule has 1 rings (SSSR count). The lowest BCUT2D eigenvalue weighted by Crippen LogP contribution is -2.11. The molecule has 1 heterocycles. The smallest absolute Gasteiger partial charge is 0.247 e. The topological polar surface area (TPSA) is 36.7 Å². The van der Waals surface area contributed by atoms with E-state index in [1.807, 2.05) is 0 Å². The number of nitriles is 1. The van der Waals surface area contributed by atoms with Crippen LogP contribution in [0, 0.1) is 18.3 Å². The van der Waals surface area contributed by atoms with Crippen molar-refractivity contribution < 1.29 is 13.2 Å². The van der Waals surface area contributed by atoms with Gasteiger partial charge in [-0.3, -0.25) is 0 Å². The number of aryl methyl sites for hydroxylation is 1. The molecule has 68 valence electrons. The van der Waals surface area contributed by atoms with Crippen molar-refractivity contribution in [3.8, 4) is 6.07 Å². The van der Waals surface area contributed by atoms with Crippen molar-refractivity contribution in [3.63, 3.8) is 0 Å². The summed E-state index contributed by atoms with van der Waals surface area (Å²) in [6.45, 7) is 1.44. The van der Waals surface area contributed by atoms with Crippen LogP contribution in [0.3, 0.4) is 0 Å². The summed E-state index contributed by atoms with van der Waals surface area (Å²) in [5, 5.41) is 8.38. The van der Waals surface area contributed by atoms with Gasteiger partial charge in [0.25, 0.3) is 0 Å². The Hall–Kier alpha value is -1.57. The summed E-state index contributed by atoms with van der Waals surface area (Å²) in [6.07, 6.45) is -4.56. The lowest BCUT2D eigenvalue weighted by Gasteiger charge is -2.07. The van der Waals surface area contributed by atoms with Crippen LogP contribution in [0.15, 0.2) is 12.1 Å². The quantitative estimate of drug-likeness (QED) is 0.623. The number of hydrogen-bond donors (Lipinski definition) is 0. The lowest BCUT2D eigenvalue weighted by atomic mass is 10.2. The minimum Gasteiger partial charge on any atom is -0.247 e. The fraction of sp³-hybridized carbons (Fsp3) is 0.250. The first-order valence-electron chi connectivity index (χ1n) is 3.40. The second-order valence-corrected chi connectivity index (χ2v) is 2.46. The van der Waals surface area contributed by atoms with Crippen LogP contribution in [0.4, 0.5) is 13.2 Å². The summed E-state index contributed by atoms with van der Waals surface area (Å²) in [5.41, 5.74) is -1.32. The second kappa shape index (κ2) is 3.05. The summed E-state index contributed by atoms with van der Waals surface area (Å²) in [7, 11) is 0. The van der Waals surface area contributed by atoms with E-state index in [0.717, 1.165) is 6.07 Å². The maximum absolute atomic E-state index is 12.2. The maximum atomic E-state index is 12.2. The Morgan fingerprint density at radius 2 is 2.00 bits per heavy atom. The number of halogens is 3. The normalized spacial score (nSPS) is 11.0. The van der Waals surface area contributed by atoms with Gasteiger partial charge in [-0.2, -0.15) is 18.4 Å². The molecule has 0 aromatic carbocycles. The molecule has 0 N–H and O–H groups in total. The Bertz CT molecular complexity index is 363. The molecule has 2 nitrogen and oxygen atoms in total. The van der Waals surface area contributed by atoms with Crippen molar-refractivity contribution in [2.24, 2.45) is 0 Å². The average Bonchev–Trinajstić information content (AvgIpc) is 2.03. The third-order valence-corrected chi connectivity index (χ3v) is 1.42. The third kappa shape index (κ3) is 1.96. The molecule has 0 saturated carbocycles. The predicted octanol–water partition coefficient (Wildman–Crippen LogP) is 2.28. The van der Waals surface area contributed by atoms with E-state index in [-0.39, 0.29) is 5.69 Å². The molecule has 13 heavy (non-hydrogen) atoms. The molecule has 0 aliphatic carbocycles. The van der Waals surface area contributed by atoms with Crippen LogP contribution < -0.4 is 0 Å². The second-order valence-electron chi connectivity index (χ2n) is 2.46. The fourth-order valence-corrected chi connectivity index (χ4v) is 0.863. The van der Waals surface area contributed by atoms with Crippen molar-refractivity contribution in [2.45, 2.75) is 13.1 Å². The number of hydrogen-bond acceptors (Lipinski definition) is 2. The SMILES string of the molecule is Cc1ccc(C#N)c(C(F)(F)F)n1. The van der Waals surface area contributed by atoms with Crippen LogP contribution in [0.2, 0.25) is 0 Å². The molecule has 0 aliphatic rings. The highest BCUT2D eigenvalue weighted by molar-refractivity contribution is 5.35. The van der Waals surface area contributed by atoms with Crippen LogP contribution in [0.5, 0.6) is 0 Å². The van der Waals surface area contributed by atoms with E-state index in [9.17, 15) is 13.2 Å². The molecule has 0 aliphatic heterocycles. The first-order chi connectivity index (χ1) is 5.95. The molecule has 0 radical (unpaired) electrons. The summed E-state index contributed by atoms with van der Waals surface area (Å²) in [5.74, 6) is 0. The lowest BCUT2D eigenvalue weighted by molar-refractivity contribution is -0.141. The van der Waals surface area contributed by atoms with Crippen LogP contribution >= 0.6 is 0 Å². The van der Waals surface area contributed by atoms with Gasteiger partial charge in [0.05, 0.1) is 5.56 Å². The average molecular weight is 186 g/mol. The zero-order valence-electron chi connectivity index (χ0n) is 6.68. The number of nitrogens with zero attached hydrogens (tertiary/aromatic N) is 2. The van der Waals surface area contributed by atoms with E-state index in [0.29, 0.717) is 0 Å². The van der Waals surface area contributed by atoms with E-state index in [2.05, 4.69) is 4.98 Å². The third-order valence-electron chi connectivity index (χ3n) is 1.42. The zero-order valence-corrected chi connectivity index (χ0v) is 6.68. The first kappa shape index (κ1) is 9.52. The van der Waals surface area contributed by atoms with E-state index in [4.69, 9.17) is 5.26 Å². The van der Waals surface area contributed by atoms with Crippen molar-refractivity contribution >= 4 is 0 Å². The van der Waals surface area contributed by atoms with Gasteiger partial charge in [-0.05, 0) is 19.1 Å². The molecule has 0 bridgehead atoms. The van der Waals surface area contributed by atoms with Gasteiger partial charge < -0.3 is 0 Å². The molecular formula is C8H5F3N2. The van der Waals surface area contributed by atoms with Crippen molar-refractivity contribution in [1.29, 1.82) is 5.26 Å². The monoisotopic (exact) mass is 186 g/mol. The highest BCUT2D eigenvalue weighted by Gasteiger charge is 2.35. The van der Waals surface area contributed by atoms with Gasteiger partial charge in [0.2, 0.25) is 0 Å². The Morgan fingerprint density at radius 1 is 1.38 bits per heavy atom. The molecule has 0 amide bonds. The van der Waals surface area contributed by atoms with Gasteiger partial charge in [0.1, 0.15) is 6.07 Å². The molecule has 0 saturated heterocycles. The minimum atomic E-state index is -4.56. The molecule has 0 unspecified atom stereocenters. The molecule has 5 heteroatoms. The first-order valence-corrected chi connectivity index (χ1v) is 3.40. The zero-order chi connectivity index (χ0) is 10.1. The number of alkyl halides is 3. The van der Waals surface area contributed by atoms with Crippen LogP contribution in [0.25, 0.3) is 0 Å². The molecule has 1 aromatic heterocycles. The summed E-state index contributed by atoms with van der Waals surface area (Å²) < 4.78 is 36.6. The van der Waals surface area contributed by atoms with E-state index in [1.165, 1.54) is 19.1 Å². The Balaban J connectivity index is 3.35. The highest BCUT2D eigenvalue weighted by Crippen LogP contribution is 2.29. The van der Waals surface area contributed by atoms with Gasteiger partial charge in [0.15, 0.2) is 5.69 Å². The Morgan fingerprint density at radius 3 is 2.46 bits per heavy atom. The minimum absolute atomic E-state index is 0.242. The Kier molecular flexibility index (Phi) is 2.24. The van der Waals surface area contributed by atoms with Gasteiger partial charge in [-0.25, -0.2) is 4.98 Å². The van der Waals surface area contributed by atoms with Gasteiger partial charge in [-0.1, -0.05) is 0 Å². The van der Waals surface area contributed by atoms with E-state index >= 15 is 0 Å². The largest absolute Gasteiger partial charge is 0.434 e. The predicted molar refractivity (Wildman–Crippen MR) is 38.7 cm³/mol. The molecule has 0 fully saturated rings. The summed E-state index contributed by atoms with van der Waals surface area (Å²) in [4.78, 5) is 3.27. The van der Waals surface area contributed by atoms with E-state index < -0.39 is 17.4 Å². The van der Waals surface area contributed by atoms with E-state index in [1.54, 1.807) is 0 Å². The summed E-state index contributed by atoms with van der Waals surface area (Å²) >= 11 is 0. The standard InChI is InChI=1S/C8H5F3N2/c1-5-2-3-6(4-12)7(13-5)8(9,10)11/h2-3H,1H3. The highest BCUT2D eigenvalue weighted by atomic mass is 19.4. The van der Waals surface area contributed by atoms with Crippen molar-refractivity contribution in [2.75, 3.05) is 0 Å². The number of aromatic nitrogens is 1. The van der Waals surface area contributed by atoms with Gasteiger partial charge >= 0.3 is 6.18 Å². The number of pyridine rings is 1. The fourth-order valence-electron chi connectivity index (χ4n) is 0.863. The van der Waals surface area contributed by atoms with Crippen LogP contribution in [-0.2, 0) is 6.18 Å². The number of rotatable bonds is 0. The Labute approximate surface area is 72.6 Å². The molecular weight excluding hydrogens is 181 g/mol. The van der Waals surface area contributed by atoms with Crippen LogP contribution in [0.1, 0.15) is 17.0 Å². The van der Waals surface area contributed by atoms with Crippen LogP contribution in [-0.4, -0.2) is 4.98 Å².